The molecule has 29 heavy (non-hydrogen) atoms. The standard InChI is InChI=1S/C22H22N2O5/c1-3-28-17-11-9-15(10-12-17)18(13-19(25)26)23-22(27)20-14(2)29-24-21(20)16-7-5-4-6-8-16/h4-12,18H,3,13H2,1-2H3,(H,23,27)(H,25,26)/p-1/t18-/m1/s1. The molecular formula is C22H21N2O5-. The summed E-state index contributed by atoms with van der Waals surface area (Å²) in [4.78, 5) is 24.3. The minimum Gasteiger partial charge on any atom is -0.550 e. The van der Waals surface area contributed by atoms with Gasteiger partial charge in [0.2, 0.25) is 0 Å². The third kappa shape index (κ3) is 4.82. The fourth-order valence-corrected chi connectivity index (χ4v) is 3.04. The van der Waals surface area contributed by atoms with Gasteiger partial charge in [-0.25, -0.2) is 0 Å². The SMILES string of the molecule is CCOc1ccc([C@@H](CC(=O)[O-])NC(=O)c2c(-c3ccccc3)noc2C)cc1. The summed E-state index contributed by atoms with van der Waals surface area (Å²) >= 11 is 0. The number of ether oxygens (including phenoxy) is 1. The van der Waals surface area contributed by atoms with Gasteiger partial charge in [-0.05, 0) is 31.5 Å². The van der Waals surface area contributed by atoms with Crippen molar-refractivity contribution in [3.63, 3.8) is 0 Å². The first-order valence-electron chi connectivity index (χ1n) is 9.24. The lowest BCUT2D eigenvalue weighted by atomic mass is 10.0. The van der Waals surface area contributed by atoms with Crippen LogP contribution in [0.1, 0.15) is 41.1 Å². The molecule has 0 aliphatic rings. The third-order valence-corrected chi connectivity index (χ3v) is 4.41. The molecule has 0 saturated carbocycles. The van der Waals surface area contributed by atoms with Gasteiger partial charge in [-0.2, -0.15) is 0 Å². The van der Waals surface area contributed by atoms with E-state index < -0.39 is 17.9 Å². The van der Waals surface area contributed by atoms with Gasteiger partial charge >= 0.3 is 0 Å². The second kappa shape index (κ2) is 9.05. The smallest absolute Gasteiger partial charge is 0.257 e. The molecule has 0 spiro atoms. The van der Waals surface area contributed by atoms with Crippen LogP contribution in [0.2, 0.25) is 0 Å². The van der Waals surface area contributed by atoms with Crippen molar-refractivity contribution >= 4 is 11.9 Å². The zero-order valence-corrected chi connectivity index (χ0v) is 16.2. The summed E-state index contributed by atoms with van der Waals surface area (Å²) in [6.07, 6.45) is -0.370. The lowest BCUT2D eigenvalue weighted by Crippen LogP contribution is -2.34. The minimum absolute atomic E-state index is 0.269. The molecule has 2 aromatic carbocycles. The third-order valence-electron chi connectivity index (χ3n) is 4.41. The number of aliphatic carboxylic acids is 1. The van der Waals surface area contributed by atoms with Crippen molar-refractivity contribution in [1.82, 2.24) is 10.5 Å². The van der Waals surface area contributed by atoms with Crippen LogP contribution in [-0.2, 0) is 4.79 Å². The molecular weight excluding hydrogens is 372 g/mol. The van der Waals surface area contributed by atoms with Crippen LogP contribution in [0.15, 0.2) is 59.1 Å². The van der Waals surface area contributed by atoms with Crippen LogP contribution in [0.3, 0.4) is 0 Å². The second-order valence-corrected chi connectivity index (χ2v) is 6.43. The van der Waals surface area contributed by atoms with Crippen LogP contribution in [0, 0.1) is 6.92 Å². The van der Waals surface area contributed by atoms with Crippen LogP contribution in [0.25, 0.3) is 11.3 Å². The van der Waals surface area contributed by atoms with Crippen molar-refractivity contribution in [3.8, 4) is 17.0 Å². The van der Waals surface area contributed by atoms with E-state index >= 15 is 0 Å². The summed E-state index contributed by atoms with van der Waals surface area (Å²) in [5.74, 6) is -0.728. The topological polar surface area (TPSA) is 104 Å². The van der Waals surface area contributed by atoms with E-state index in [0.29, 0.717) is 29.4 Å². The Morgan fingerprint density at radius 1 is 1.14 bits per heavy atom. The van der Waals surface area contributed by atoms with Gasteiger partial charge < -0.3 is 24.5 Å². The highest BCUT2D eigenvalue weighted by Crippen LogP contribution is 2.27. The van der Waals surface area contributed by atoms with E-state index in [1.807, 2.05) is 37.3 Å². The summed E-state index contributed by atoms with van der Waals surface area (Å²) in [5, 5.41) is 18.0. The first-order chi connectivity index (χ1) is 14.0. The maximum absolute atomic E-state index is 13.0. The Morgan fingerprint density at radius 3 is 2.45 bits per heavy atom. The lowest BCUT2D eigenvalue weighted by molar-refractivity contribution is -0.306. The average Bonchev–Trinajstić information content (AvgIpc) is 3.10. The number of carbonyl (C=O) groups excluding carboxylic acids is 2. The van der Waals surface area contributed by atoms with E-state index in [1.54, 1.807) is 31.2 Å². The van der Waals surface area contributed by atoms with Crippen LogP contribution in [-0.4, -0.2) is 23.6 Å². The summed E-state index contributed by atoms with van der Waals surface area (Å²) < 4.78 is 10.6. The highest BCUT2D eigenvalue weighted by Gasteiger charge is 2.24. The van der Waals surface area contributed by atoms with Gasteiger partial charge in [0, 0.05) is 18.0 Å². The molecule has 7 nitrogen and oxygen atoms in total. The first-order valence-corrected chi connectivity index (χ1v) is 9.24. The second-order valence-electron chi connectivity index (χ2n) is 6.43. The summed E-state index contributed by atoms with van der Waals surface area (Å²) in [7, 11) is 0. The highest BCUT2D eigenvalue weighted by molar-refractivity contribution is 6.01. The van der Waals surface area contributed by atoms with Crippen LogP contribution in [0.4, 0.5) is 0 Å². The number of nitrogens with zero attached hydrogens (tertiary/aromatic N) is 1. The Labute approximate surface area is 168 Å². The molecule has 3 aromatic rings. The van der Waals surface area contributed by atoms with Gasteiger partial charge in [0.1, 0.15) is 22.8 Å². The maximum Gasteiger partial charge on any atom is 0.257 e. The molecule has 3 rings (SSSR count). The van der Waals surface area contributed by atoms with Crippen molar-refractivity contribution in [2.45, 2.75) is 26.3 Å². The number of rotatable bonds is 8. The van der Waals surface area contributed by atoms with Crippen molar-refractivity contribution in [1.29, 1.82) is 0 Å². The van der Waals surface area contributed by atoms with Crippen molar-refractivity contribution in [3.05, 3.63) is 71.5 Å². The van der Waals surface area contributed by atoms with Gasteiger partial charge in [0.25, 0.3) is 5.91 Å². The molecule has 0 aliphatic heterocycles. The van der Waals surface area contributed by atoms with E-state index in [-0.39, 0.29) is 12.0 Å². The van der Waals surface area contributed by atoms with Crippen LogP contribution < -0.4 is 15.2 Å². The molecule has 1 heterocycles. The molecule has 7 heteroatoms. The van der Waals surface area contributed by atoms with E-state index in [4.69, 9.17) is 9.26 Å². The summed E-state index contributed by atoms with van der Waals surface area (Å²) in [6, 6.07) is 15.3. The Bertz CT molecular complexity index is 980. The number of benzene rings is 2. The monoisotopic (exact) mass is 393 g/mol. The summed E-state index contributed by atoms with van der Waals surface area (Å²) in [6.45, 7) is 4.03. The molecule has 0 radical (unpaired) electrons. The number of hydrogen-bond donors (Lipinski definition) is 1. The molecule has 1 aromatic heterocycles. The number of carboxylic acids is 1. The number of carboxylic acid groups (broad SMARTS) is 1. The molecule has 1 N–H and O–H groups in total. The number of hydrogen-bond acceptors (Lipinski definition) is 6. The van der Waals surface area contributed by atoms with E-state index in [1.165, 1.54) is 0 Å². The normalized spacial score (nSPS) is 11.7. The molecule has 0 unspecified atom stereocenters. The van der Waals surface area contributed by atoms with Crippen LogP contribution >= 0.6 is 0 Å². The fraction of sp³-hybridized carbons (Fsp3) is 0.227. The first kappa shape index (κ1) is 20.1. The van der Waals surface area contributed by atoms with Gasteiger partial charge in [-0.3, -0.25) is 4.79 Å². The molecule has 0 saturated heterocycles. The fourth-order valence-electron chi connectivity index (χ4n) is 3.04. The number of carbonyl (C=O) groups is 2. The Hall–Kier alpha value is -3.61. The number of amides is 1. The average molecular weight is 393 g/mol. The van der Waals surface area contributed by atoms with Gasteiger partial charge in [0.05, 0.1) is 12.6 Å². The highest BCUT2D eigenvalue weighted by atomic mass is 16.5. The van der Waals surface area contributed by atoms with Gasteiger partial charge in [0.15, 0.2) is 0 Å². The lowest BCUT2D eigenvalue weighted by Gasteiger charge is -2.20. The van der Waals surface area contributed by atoms with E-state index in [0.717, 1.165) is 5.56 Å². The summed E-state index contributed by atoms with van der Waals surface area (Å²) in [5.41, 5.74) is 2.03. The zero-order valence-electron chi connectivity index (χ0n) is 16.2. The number of aromatic nitrogens is 1. The number of aryl methyl sites for hydroxylation is 1. The maximum atomic E-state index is 13.0. The molecule has 0 fully saturated rings. The van der Waals surface area contributed by atoms with Crippen LogP contribution in [0.5, 0.6) is 5.75 Å². The van der Waals surface area contributed by atoms with Crippen molar-refractivity contribution in [2.75, 3.05) is 6.61 Å². The van der Waals surface area contributed by atoms with Crippen molar-refractivity contribution in [2.24, 2.45) is 0 Å². The van der Waals surface area contributed by atoms with Gasteiger partial charge in [-0.15, -0.1) is 0 Å². The largest absolute Gasteiger partial charge is 0.550 e. The molecule has 0 bridgehead atoms. The van der Waals surface area contributed by atoms with E-state index in [2.05, 4.69) is 10.5 Å². The Morgan fingerprint density at radius 2 is 1.83 bits per heavy atom. The molecule has 150 valence electrons. The Balaban J connectivity index is 1.88. The number of nitrogens with one attached hydrogen (secondary N) is 1. The molecule has 1 amide bonds. The molecule has 1 atom stereocenters. The molecule has 0 aliphatic carbocycles. The minimum atomic E-state index is -1.27. The zero-order chi connectivity index (χ0) is 20.8. The predicted molar refractivity (Wildman–Crippen MR) is 104 cm³/mol. The quantitative estimate of drug-likeness (QED) is 0.631. The van der Waals surface area contributed by atoms with Gasteiger partial charge in [-0.1, -0.05) is 47.6 Å². The van der Waals surface area contributed by atoms with Crippen molar-refractivity contribution < 1.29 is 24.0 Å². The predicted octanol–water partition coefficient (Wildman–Crippen LogP) is 2.66. The Kier molecular flexibility index (Phi) is 6.29. The van der Waals surface area contributed by atoms with E-state index in [9.17, 15) is 14.7 Å².